The highest BCUT2D eigenvalue weighted by Crippen LogP contribution is 2.25. The molecule has 0 aromatic carbocycles. The molecule has 0 aliphatic carbocycles. The lowest BCUT2D eigenvalue weighted by molar-refractivity contribution is -0.117. The first-order chi connectivity index (χ1) is 7.27. The van der Waals surface area contributed by atoms with Gasteiger partial charge >= 0.3 is 0 Å². The van der Waals surface area contributed by atoms with Crippen LogP contribution in [-0.2, 0) is 18.3 Å². The molecule has 0 amide bonds. The van der Waals surface area contributed by atoms with E-state index >= 15 is 0 Å². The molecule has 1 unspecified atom stereocenters. The summed E-state index contributed by atoms with van der Waals surface area (Å²) in [5.74, 6) is 4.24. The summed E-state index contributed by atoms with van der Waals surface area (Å²) in [5.41, 5.74) is 0. The van der Waals surface area contributed by atoms with Gasteiger partial charge in [-0.15, -0.1) is 11.8 Å². The van der Waals surface area contributed by atoms with Gasteiger partial charge < -0.3 is 0 Å². The van der Waals surface area contributed by atoms with Gasteiger partial charge in [-0.3, -0.25) is 9.48 Å². The number of hydrogen-bond acceptors (Lipinski definition) is 5. The lowest BCUT2D eigenvalue weighted by Crippen LogP contribution is -2.26. The van der Waals surface area contributed by atoms with Crippen molar-refractivity contribution in [3.8, 4) is 0 Å². The van der Waals surface area contributed by atoms with E-state index < -0.39 is 0 Å². The van der Waals surface area contributed by atoms with E-state index in [1.54, 1.807) is 16.4 Å². The molecule has 1 aliphatic heterocycles. The number of hydrogen-bond donors (Lipinski definition) is 0. The van der Waals surface area contributed by atoms with Gasteiger partial charge in [0.2, 0.25) is 0 Å². The number of rotatable bonds is 3. The van der Waals surface area contributed by atoms with Crippen LogP contribution in [0.25, 0.3) is 0 Å². The molecular formula is C9H13N3OS2. The number of nitrogens with zero attached hydrogens (tertiary/aromatic N) is 3. The van der Waals surface area contributed by atoms with Crippen molar-refractivity contribution in [2.75, 3.05) is 17.3 Å². The fourth-order valence-corrected chi connectivity index (χ4v) is 4.07. The summed E-state index contributed by atoms with van der Waals surface area (Å²) in [4.78, 5) is 16.0. The third-order valence-electron chi connectivity index (χ3n) is 2.31. The average molecular weight is 243 g/mol. The van der Waals surface area contributed by atoms with Crippen LogP contribution >= 0.6 is 23.5 Å². The van der Waals surface area contributed by atoms with Crippen molar-refractivity contribution in [3.63, 3.8) is 0 Å². The highest BCUT2D eigenvalue weighted by Gasteiger charge is 2.23. The standard InChI is InChI=1S/C9H13N3OS2/c1-12-9(10-6-11-12)4-7(13)8-5-14-2-3-15-8/h6,8H,2-5H2,1H3. The van der Waals surface area contributed by atoms with Crippen molar-refractivity contribution in [2.45, 2.75) is 11.7 Å². The number of carbonyl (C=O) groups is 1. The second-order valence-corrected chi connectivity index (χ2v) is 5.84. The van der Waals surface area contributed by atoms with Gasteiger partial charge in [0.05, 0.1) is 11.7 Å². The van der Waals surface area contributed by atoms with E-state index in [2.05, 4.69) is 10.1 Å². The van der Waals surface area contributed by atoms with Gasteiger partial charge in [-0.2, -0.15) is 16.9 Å². The molecule has 1 aliphatic rings. The molecule has 0 radical (unpaired) electrons. The smallest absolute Gasteiger partial charge is 0.154 e. The second-order valence-electron chi connectivity index (χ2n) is 3.38. The Morgan fingerprint density at radius 2 is 2.53 bits per heavy atom. The van der Waals surface area contributed by atoms with E-state index in [9.17, 15) is 4.79 Å². The molecule has 2 heterocycles. The summed E-state index contributed by atoms with van der Waals surface area (Å²) in [6.45, 7) is 0. The maximum absolute atomic E-state index is 11.9. The third kappa shape index (κ3) is 2.75. The molecule has 1 aromatic rings. The Hall–Kier alpha value is -0.490. The van der Waals surface area contributed by atoms with Crippen molar-refractivity contribution < 1.29 is 4.79 Å². The van der Waals surface area contributed by atoms with Gasteiger partial charge in [-0.05, 0) is 0 Å². The van der Waals surface area contributed by atoms with Crippen LogP contribution in [0.4, 0.5) is 0 Å². The molecule has 6 heteroatoms. The zero-order valence-corrected chi connectivity index (χ0v) is 10.2. The van der Waals surface area contributed by atoms with Crippen LogP contribution in [-0.4, -0.2) is 43.1 Å². The average Bonchev–Trinajstić information content (AvgIpc) is 2.66. The number of aryl methyl sites for hydroxylation is 1. The van der Waals surface area contributed by atoms with Crippen LogP contribution in [0.5, 0.6) is 0 Å². The Morgan fingerprint density at radius 1 is 1.67 bits per heavy atom. The Bertz CT molecular complexity index is 347. The first-order valence-electron chi connectivity index (χ1n) is 4.82. The van der Waals surface area contributed by atoms with E-state index in [1.165, 1.54) is 12.1 Å². The molecule has 1 atom stereocenters. The summed E-state index contributed by atoms with van der Waals surface area (Å²) in [5, 5.41) is 4.11. The SMILES string of the molecule is Cn1ncnc1CC(=O)C1CSCCS1. The minimum atomic E-state index is 0.153. The molecule has 1 aromatic heterocycles. The molecule has 4 nitrogen and oxygen atoms in total. The van der Waals surface area contributed by atoms with Crippen molar-refractivity contribution in [1.82, 2.24) is 14.8 Å². The van der Waals surface area contributed by atoms with E-state index in [-0.39, 0.29) is 11.0 Å². The zero-order valence-electron chi connectivity index (χ0n) is 8.55. The number of ketones is 1. The normalized spacial score (nSPS) is 21.5. The maximum atomic E-state index is 11.9. The maximum Gasteiger partial charge on any atom is 0.154 e. The molecular weight excluding hydrogens is 230 g/mol. The topological polar surface area (TPSA) is 47.8 Å². The largest absolute Gasteiger partial charge is 0.298 e. The molecule has 15 heavy (non-hydrogen) atoms. The summed E-state index contributed by atoms with van der Waals surface area (Å²) >= 11 is 3.63. The number of thioether (sulfide) groups is 2. The lowest BCUT2D eigenvalue weighted by Gasteiger charge is -2.19. The molecule has 0 N–H and O–H groups in total. The van der Waals surface area contributed by atoms with Crippen LogP contribution in [0.15, 0.2) is 6.33 Å². The number of Topliss-reactive ketones (excluding diaryl/α,β-unsaturated/α-hetero) is 1. The zero-order chi connectivity index (χ0) is 10.7. The van der Waals surface area contributed by atoms with Crippen molar-refractivity contribution in [3.05, 3.63) is 12.2 Å². The van der Waals surface area contributed by atoms with E-state index in [0.29, 0.717) is 6.42 Å². The summed E-state index contributed by atoms with van der Waals surface area (Å²) < 4.78 is 1.67. The molecule has 1 saturated heterocycles. The van der Waals surface area contributed by atoms with Crippen LogP contribution in [0.3, 0.4) is 0 Å². The van der Waals surface area contributed by atoms with Crippen LogP contribution < -0.4 is 0 Å². The predicted molar refractivity (Wildman–Crippen MR) is 63.3 cm³/mol. The van der Waals surface area contributed by atoms with Crippen molar-refractivity contribution in [1.29, 1.82) is 0 Å². The minimum Gasteiger partial charge on any atom is -0.298 e. The lowest BCUT2D eigenvalue weighted by atomic mass is 10.2. The fourth-order valence-electron chi connectivity index (χ4n) is 1.42. The third-order valence-corrected chi connectivity index (χ3v) is 5.12. The number of carbonyl (C=O) groups excluding carboxylic acids is 1. The van der Waals surface area contributed by atoms with Crippen LogP contribution in [0.2, 0.25) is 0 Å². The van der Waals surface area contributed by atoms with Gasteiger partial charge in [-0.25, -0.2) is 4.98 Å². The molecule has 82 valence electrons. The molecule has 0 bridgehead atoms. The van der Waals surface area contributed by atoms with Crippen molar-refractivity contribution >= 4 is 29.3 Å². The monoisotopic (exact) mass is 243 g/mol. The van der Waals surface area contributed by atoms with E-state index in [0.717, 1.165) is 17.3 Å². The van der Waals surface area contributed by atoms with Crippen LogP contribution in [0, 0.1) is 0 Å². The van der Waals surface area contributed by atoms with E-state index in [1.807, 2.05) is 18.8 Å². The van der Waals surface area contributed by atoms with Gasteiger partial charge in [0, 0.05) is 24.3 Å². The van der Waals surface area contributed by atoms with Gasteiger partial charge in [0.25, 0.3) is 0 Å². The molecule has 2 rings (SSSR count). The van der Waals surface area contributed by atoms with Crippen molar-refractivity contribution in [2.24, 2.45) is 7.05 Å². The molecule has 0 spiro atoms. The van der Waals surface area contributed by atoms with Gasteiger partial charge in [0.15, 0.2) is 5.78 Å². The highest BCUT2D eigenvalue weighted by molar-refractivity contribution is 8.07. The Morgan fingerprint density at radius 3 is 3.13 bits per heavy atom. The summed E-state index contributed by atoms with van der Waals surface area (Å²) in [7, 11) is 1.82. The van der Waals surface area contributed by atoms with Crippen LogP contribution in [0.1, 0.15) is 5.82 Å². The van der Waals surface area contributed by atoms with Gasteiger partial charge in [-0.1, -0.05) is 0 Å². The van der Waals surface area contributed by atoms with E-state index in [4.69, 9.17) is 0 Å². The number of aromatic nitrogens is 3. The first-order valence-corrected chi connectivity index (χ1v) is 7.02. The predicted octanol–water partition coefficient (Wildman–Crippen LogP) is 0.775. The Kier molecular flexibility index (Phi) is 3.69. The summed E-state index contributed by atoms with van der Waals surface area (Å²) in [6.07, 6.45) is 1.90. The Labute approximate surface area is 97.2 Å². The Balaban J connectivity index is 1.94. The van der Waals surface area contributed by atoms with Gasteiger partial charge in [0.1, 0.15) is 12.2 Å². The second kappa shape index (κ2) is 5.03. The molecule has 0 saturated carbocycles. The fraction of sp³-hybridized carbons (Fsp3) is 0.667. The molecule has 1 fully saturated rings. The minimum absolute atomic E-state index is 0.153. The quantitative estimate of drug-likeness (QED) is 0.785. The first kappa shape index (κ1) is 11.0. The summed E-state index contributed by atoms with van der Waals surface area (Å²) in [6, 6.07) is 0. The highest BCUT2D eigenvalue weighted by atomic mass is 32.2.